The van der Waals surface area contributed by atoms with Crippen LogP contribution in [0.25, 0.3) is 5.69 Å². The molecule has 0 aliphatic heterocycles. The fourth-order valence-corrected chi connectivity index (χ4v) is 3.28. The summed E-state index contributed by atoms with van der Waals surface area (Å²) in [4.78, 5) is 13.0. The number of benzene rings is 3. The molecule has 1 amide bonds. The largest absolute Gasteiger partial charge is 0.372 e. The Labute approximate surface area is 174 Å². The second-order valence-electron chi connectivity index (χ2n) is 6.83. The van der Waals surface area contributed by atoms with E-state index in [2.05, 4.69) is 10.5 Å². The highest BCUT2D eigenvalue weighted by Crippen LogP contribution is 2.29. The van der Waals surface area contributed by atoms with Gasteiger partial charge in [0.1, 0.15) is 0 Å². The van der Waals surface area contributed by atoms with Gasteiger partial charge in [-0.1, -0.05) is 78.9 Å². The number of amides is 1. The monoisotopic (exact) mass is 395 g/mol. The quantitative estimate of drug-likeness (QED) is 0.385. The number of hydrazone groups is 1. The molecule has 1 aromatic heterocycles. The molecule has 3 aromatic carbocycles. The molecule has 0 radical (unpaired) electrons. The van der Waals surface area contributed by atoms with Crippen LogP contribution < -0.4 is 5.43 Å². The molecule has 0 atom stereocenters. The van der Waals surface area contributed by atoms with Gasteiger partial charge in [-0.25, -0.2) is 5.43 Å². The number of carbonyl (C=O) groups is 1. The van der Waals surface area contributed by atoms with Crippen molar-refractivity contribution in [2.75, 3.05) is 0 Å². The highest BCUT2D eigenvalue weighted by molar-refractivity contribution is 5.91. The molecular weight excluding hydrogens is 374 g/mol. The molecule has 1 heterocycles. The molecule has 2 N–H and O–H groups in total. The molecule has 30 heavy (non-hydrogen) atoms. The van der Waals surface area contributed by atoms with Crippen molar-refractivity contribution in [1.82, 2.24) is 9.99 Å². The van der Waals surface area contributed by atoms with Crippen LogP contribution in [0.2, 0.25) is 0 Å². The lowest BCUT2D eigenvalue weighted by Gasteiger charge is -2.27. The molecule has 0 fully saturated rings. The molecule has 5 heteroatoms. The van der Waals surface area contributed by atoms with E-state index >= 15 is 0 Å². The van der Waals surface area contributed by atoms with Gasteiger partial charge in [0.15, 0.2) is 5.60 Å². The van der Waals surface area contributed by atoms with Gasteiger partial charge < -0.3 is 9.67 Å². The van der Waals surface area contributed by atoms with Crippen molar-refractivity contribution in [3.05, 3.63) is 126 Å². The summed E-state index contributed by atoms with van der Waals surface area (Å²) in [5.41, 5.74) is 3.43. The number of hydrogen-bond acceptors (Lipinski definition) is 3. The molecule has 0 spiro atoms. The second kappa shape index (κ2) is 8.59. The highest BCUT2D eigenvalue weighted by Gasteiger charge is 2.39. The van der Waals surface area contributed by atoms with E-state index in [1.807, 2.05) is 65.5 Å². The van der Waals surface area contributed by atoms with Crippen LogP contribution in [0, 0.1) is 0 Å². The van der Waals surface area contributed by atoms with Crippen molar-refractivity contribution in [3.63, 3.8) is 0 Å². The summed E-state index contributed by atoms with van der Waals surface area (Å²) in [5, 5.41) is 15.5. The Bertz CT molecular complexity index is 1100. The summed E-state index contributed by atoms with van der Waals surface area (Å²) >= 11 is 0. The zero-order valence-electron chi connectivity index (χ0n) is 16.2. The standard InChI is InChI=1S/C25H21N3O2/c29-24(25(30,21-10-4-1-5-11-21)22-12-6-2-7-13-22)27-26-18-20-16-17-28(19-20)23-14-8-3-9-15-23/h1-19,30H,(H,27,29)/b26-18-. The minimum absolute atomic E-state index is 0.471. The van der Waals surface area contributed by atoms with E-state index in [4.69, 9.17) is 0 Å². The fraction of sp³-hybridized carbons (Fsp3) is 0.0400. The number of aliphatic hydroxyl groups is 1. The van der Waals surface area contributed by atoms with Crippen molar-refractivity contribution in [1.29, 1.82) is 0 Å². The Kier molecular flexibility index (Phi) is 5.54. The lowest BCUT2D eigenvalue weighted by molar-refractivity contribution is -0.136. The fourth-order valence-electron chi connectivity index (χ4n) is 3.28. The van der Waals surface area contributed by atoms with Crippen LogP contribution in [0.15, 0.2) is 115 Å². The molecule has 4 aromatic rings. The first-order chi connectivity index (χ1) is 14.7. The van der Waals surface area contributed by atoms with Crippen LogP contribution in [0.4, 0.5) is 0 Å². The summed E-state index contributed by atoms with van der Waals surface area (Å²) in [6, 6.07) is 29.5. The third kappa shape index (κ3) is 3.92. The first-order valence-corrected chi connectivity index (χ1v) is 9.58. The van der Waals surface area contributed by atoms with Crippen molar-refractivity contribution < 1.29 is 9.90 Å². The lowest BCUT2D eigenvalue weighted by Crippen LogP contribution is -2.43. The molecule has 0 aliphatic rings. The molecular formula is C25H21N3O2. The van der Waals surface area contributed by atoms with Gasteiger partial charge in [-0.3, -0.25) is 4.79 Å². The maximum absolute atomic E-state index is 13.0. The Morgan fingerprint density at radius 3 is 1.93 bits per heavy atom. The number of nitrogens with one attached hydrogen (secondary N) is 1. The Hall–Kier alpha value is -3.96. The summed E-state index contributed by atoms with van der Waals surface area (Å²) in [5.74, 6) is -0.626. The lowest BCUT2D eigenvalue weighted by atomic mass is 9.85. The Morgan fingerprint density at radius 1 is 0.833 bits per heavy atom. The van der Waals surface area contributed by atoms with Gasteiger partial charge >= 0.3 is 0 Å². The Morgan fingerprint density at radius 2 is 1.37 bits per heavy atom. The smallest absolute Gasteiger partial charge is 0.281 e. The van der Waals surface area contributed by atoms with E-state index in [1.165, 1.54) is 0 Å². The van der Waals surface area contributed by atoms with E-state index in [0.29, 0.717) is 11.1 Å². The van der Waals surface area contributed by atoms with E-state index < -0.39 is 11.5 Å². The van der Waals surface area contributed by atoms with E-state index in [1.54, 1.807) is 54.7 Å². The van der Waals surface area contributed by atoms with Gasteiger partial charge in [-0.2, -0.15) is 5.10 Å². The van der Waals surface area contributed by atoms with Crippen LogP contribution >= 0.6 is 0 Å². The van der Waals surface area contributed by atoms with E-state index in [9.17, 15) is 9.90 Å². The van der Waals surface area contributed by atoms with E-state index in [-0.39, 0.29) is 0 Å². The van der Waals surface area contributed by atoms with Crippen LogP contribution in [-0.4, -0.2) is 21.8 Å². The van der Waals surface area contributed by atoms with Crippen molar-refractivity contribution in [3.8, 4) is 5.69 Å². The van der Waals surface area contributed by atoms with Gasteiger partial charge in [-0.05, 0) is 29.3 Å². The number of nitrogens with zero attached hydrogens (tertiary/aromatic N) is 2. The average Bonchev–Trinajstić information content (AvgIpc) is 3.29. The molecule has 0 bridgehead atoms. The van der Waals surface area contributed by atoms with Crippen LogP contribution in [-0.2, 0) is 10.4 Å². The minimum Gasteiger partial charge on any atom is -0.372 e. The van der Waals surface area contributed by atoms with Gasteiger partial charge in [0.25, 0.3) is 5.91 Å². The van der Waals surface area contributed by atoms with Gasteiger partial charge in [-0.15, -0.1) is 0 Å². The maximum Gasteiger partial charge on any atom is 0.281 e. The normalized spacial score (nSPS) is 11.5. The summed E-state index contributed by atoms with van der Waals surface area (Å²) in [6.07, 6.45) is 5.38. The molecule has 0 unspecified atom stereocenters. The predicted octanol–water partition coefficient (Wildman–Crippen LogP) is 3.86. The third-order valence-electron chi connectivity index (χ3n) is 4.86. The first kappa shape index (κ1) is 19.4. The van der Waals surface area contributed by atoms with E-state index in [0.717, 1.165) is 11.3 Å². The van der Waals surface area contributed by atoms with Crippen molar-refractivity contribution >= 4 is 12.1 Å². The number of para-hydroxylation sites is 1. The molecule has 4 rings (SSSR count). The number of rotatable bonds is 6. The summed E-state index contributed by atoms with van der Waals surface area (Å²) in [6.45, 7) is 0. The minimum atomic E-state index is -1.85. The van der Waals surface area contributed by atoms with Crippen molar-refractivity contribution in [2.45, 2.75) is 5.60 Å². The average molecular weight is 395 g/mol. The molecule has 5 nitrogen and oxygen atoms in total. The maximum atomic E-state index is 13.0. The Balaban J connectivity index is 1.55. The third-order valence-corrected chi connectivity index (χ3v) is 4.86. The van der Waals surface area contributed by atoms with Crippen molar-refractivity contribution in [2.24, 2.45) is 5.10 Å². The van der Waals surface area contributed by atoms with Gasteiger partial charge in [0.2, 0.25) is 0 Å². The molecule has 148 valence electrons. The van der Waals surface area contributed by atoms with Crippen LogP contribution in [0.5, 0.6) is 0 Å². The second-order valence-corrected chi connectivity index (χ2v) is 6.83. The van der Waals surface area contributed by atoms with Crippen LogP contribution in [0.1, 0.15) is 16.7 Å². The van der Waals surface area contributed by atoms with Crippen LogP contribution in [0.3, 0.4) is 0 Å². The molecule has 0 aliphatic carbocycles. The number of carbonyl (C=O) groups excluding carboxylic acids is 1. The molecule has 0 saturated carbocycles. The first-order valence-electron chi connectivity index (χ1n) is 9.58. The highest BCUT2D eigenvalue weighted by atomic mass is 16.3. The topological polar surface area (TPSA) is 66.6 Å². The summed E-state index contributed by atoms with van der Waals surface area (Å²) in [7, 11) is 0. The molecule has 0 saturated heterocycles. The number of aromatic nitrogens is 1. The SMILES string of the molecule is O=C(N/N=C\c1ccn(-c2ccccc2)c1)C(O)(c1ccccc1)c1ccccc1. The zero-order valence-corrected chi connectivity index (χ0v) is 16.2. The predicted molar refractivity (Wildman–Crippen MR) is 117 cm³/mol. The number of hydrogen-bond donors (Lipinski definition) is 2. The zero-order chi connectivity index (χ0) is 20.8. The van der Waals surface area contributed by atoms with Gasteiger partial charge in [0.05, 0.1) is 6.21 Å². The van der Waals surface area contributed by atoms with Gasteiger partial charge in [0, 0.05) is 23.6 Å². The summed E-state index contributed by atoms with van der Waals surface area (Å²) < 4.78 is 1.97.